The van der Waals surface area contributed by atoms with Crippen molar-refractivity contribution in [2.24, 2.45) is 7.05 Å². The summed E-state index contributed by atoms with van der Waals surface area (Å²) in [6.07, 6.45) is 5.87. The number of aryl methyl sites for hydroxylation is 1. The molecule has 2 heterocycles. The van der Waals surface area contributed by atoms with Crippen molar-refractivity contribution in [3.05, 3.63) is 28.9 Å². The van der Waals surface area contributed by atoms with Gasteiger partial charge in [0.2, 0.25) is 0 Å². The molecule has 0 radical (unpaired) electrons. The third-order valence-corrected chi connectivity index (χ3v) is 2.69. The number of hydrogen-bond donors (Lipinski definition) is 1. The Kier molecular flexibility index (Phi) is 4.83. The molecule has 2 rings (SSSR count). The molecular formula is C13H20N4O. The molecule has 2 aromatic rings. The highest BCUT2D eigenvalue weighted by Gasteiger charge is 2.10. The van der Waals surface area contributed by atoms with Crippen molar-refractivity contribution in [1.29, 1.82) is 5.41 Å². The molecule has 0 aromatic carbocycles. The summed E-state index contributed by atoms with van der Waals surface area (Å²) in [4.78, 5) is 15.6. The van der Waals surface area contributed by atoms with E-state index in [2.05, 4.69) is 18.8 Å². The van der Waals surface area contributed by atoms with E-state index in [1.54, 1.807) is 32.4 Å². The van der Waals surface area contributed by atoms with Gasteiger partial charge in [-0.25, -0.2) is 9.36 Å². The van der Waals surface area contributed by atoms with Gasteiger partial charge in [0, 0.05) is 13.2 Å². The quantitative estimate of drug-likeness (QED) is 0.622. The maximum absolute atomic E-state index is 11.7. The number of imidazole rings is 1. The predicted molar refractivity (Wildman–Crippen MR) is 74.4 cm³/mol. The van der Waals surface area contributed by atoms with E-state index in [-0.39, 0.29) is 11.5 Å². The molecule has 0 spiro atoms. The van der Waals surface area contributed by atoms with Gasteiger partial charge in [0.25, 0.3) is 0 Å². The van der Waals surface area contributed by atoms with E-state index < -0.39 is 0 Å². The number of fused-ring (bicyclic) bond motifs is 1. The number of nitrogens with one attached hydrogen (secondary N) is 1. The Labute approximate surface area is 107 Å². The van der Waals surface area contributed by atoms with Crippen molar-refractivity contribution in [2.75, 3.05) is 0 Å². The molecule has 0 aliphatic heterocycles. The molecule has 98 valence electrons. The SMILES string of the molecule is CC(=N)n1c(=O)n(C)c2cnccc21.CCCC. The number of aromatic nitrogens is 3. The normalized spacial score (nSPS) is 10.0. The number of nitrogens with zero attached hydrogens (tertiary/aromatic N) is 3. The molecule has 5 heteroatoms. The van der Waals surface area contributed by atoms with Crippen LogP contribution in [-0.2, 0) is 7.05 Å². The van der Waals surface area contributed by atoms with Crippen LogP contribution in [0.3, 0.4) is 0 Å². The second-order valence-electron chi connectivity index (χ2n) is 4.13. The Morgan fingerprint density at radius 3 is 2.44 bits per heavy atom. The lowest BCUT2D eigenvalue weighted by Gasteiger charge is -1.96. The number of unbranched alkanes of at least 4 members (excludes halogenated alkanes) is 1. The molecule has 0 bridgehead atoms. The Balaban J connectivity index is 0.000000357. The first-order chi connectivity index (χ1) is 8.54. The molecular weight excluding hydrogens is 228 g/mol. The molecule has 0 aliphatic rings. The minimum absolute atomic E-state index is 0.208. The van der Waals surface area contributed by atoms with Gasteiger partial charge in [0.1, 0.15) is 5.84 Å². The van der Waals surface area contributed by atoms with E-state index in [9.17, 15) is 4.79 Å². The summed E-state index contributed by atoms with van der Waals surface area (Å²) >= 11 is 0. The first-order valence-corrected chi connectivity index (χ1v) is 6.11. The van der Waals surface area contributed by atoms with Crippen LogP contribution in [0, 0.1) is 5.41 Å². The van der Waals surface area contributed by atoms with Gasteiger partial charge in [-0.15, -0.1) is 0 Å². The van der Waals surface area contributed by atoms with Gasteiger partial charge in [-0.1, -0.05) is 26.7 Å². The van der Waals surface area contributed by atoms with Crippen LogP contribution in [0.4, 0.5) is 0 Å². The van der Waals surface area contributed by atoms with E-state index in [0.717, 1.165) is 11.0 Å². The first-order valence-electron chi connectivity index (χ1n) is 6.11. The van der Waals surface area contributed by atoms with Crippen LogP contribution in [0.15, 0.2) is 23.3 Å². The van der Waals surface area contributed by atoms with E-state index in [1.165, 1.54) is 22.0 Å². The van der Waals surface area contributed by atoms with Crippen LogP contribution in [0.1, 0.15) is 33.6 Å². The summed E-state index contributed by atoms with van der Waals surface area (Å²) in [5, 5.41) is 7.50. The van der Waals surface area contributed by atoms with E-state index in [0.29, 0.717) is 0 Å². The van der Waals surface area contributed by atoms with Crippen molar-refractivity contribution in [3.63, 3.8) is 0 Å². The molecule has 18 heavy (non-hydrogen) atoms. The Hall–Kier alpha value is -1.91. The van der Waals surface area contributed by atoms with Gasteiger partial charge >= 0.3 is 5.69 Å². The zero-order chi connectivity index (χ0) is 13.7. The molecule has 0 saturated carbocycles. The van der Waals surface area contributed by atoms with E-state index in [4.69, 9.17) is 5.41 Å². The lowest BCUT2D eigenvalue weighted by molar-refractivity contribution is 0.857. The van der Waals surface area contributed by atoms with Gasteiger partial charge in [-0.05, 0) is 13.0 Å². The zero-order valence-electron chi connectivity index (χ0n) is 11.4. The van der Waals surface area contributed by atoms with Crippen LogP contribution in [0.5, 0.6) is 0 Å². The number of pyridine rings is 1. The number of hydrogen-bond acceptors (Lipinski definition) is 3. The van der Waals surface area contributed by atoms with Crippen molar-refractivity contribution in [2.45, 2.75) is 33.6 Å². The van der Waals surface area contributed by atoms with Gasteiger partial charge in [0.15, 0.2) is 0 Å². The minimum Gasteiger partial charge on any atom is -0.293 e. The largest absolute Gasteiger partial charge is 0.334 e. The fraction of sp³-hybridized carbons (Fsp3) is 0.462. The summed E-state index contributed by atoms with van der Waals surface area (Å²) in [7, 11) is 1.67. The highest BCUT2D eigenvalue weighted by Crippen LogP contribution is 2.08. The lowest BCUT2D eigenvalue weighted by Crippen LogP contribution is -2.25. The smallest absolute Gasteiger partial charge is 0.293 e. The Morgan fingerprint density at radius 1 is 1.33 bits per heavy atom. The van der Waals surface area contributed by atoms with Gasteiger partial charge < -0.3 is 0 Å². The maximum Gasteiger partial charge on any atom is 0.334 e. The van der Waals surface area contributed by atoms with E-state index in [1.807, 2.05) is 0 Å². The van der Waals surface area contributed by atoms with Crippen LogP contribution >= 0.6 is 0 Å². The van der Waals surface area contributed by atoms with Crippen LogP contribution < -0.4 is 5.69 Å². The van der Waals surface area contributed by atoms with Crippen molar-refractivity contribution in [1.82, 2.24) is 14.1 Å². The third kappa shape index (κ3) is 2.67. The molecule has 1 N–H and O–H groups in total. The number of rotatable bonds is 1. The monoisotopic (exact) mass is 248 g/mol. The first kappa shape index (κ1) is 14.2. The lowest BCUT2D eigenvalue weighted by atomic mass is 10.4. The molecule has 2 aromatic heterocycles. The fourth-order valence-corrected chi connectivity index (χ4v) is 1.51. The summed E-state index contributed by atoms with van der Waals surface area (Å²) < 4.78 is 2.84. The van der Waals surface area contributed by atoms with Crippen LogP contribution in [0.25, 0.3) is 11.0 Å². The summed E-state index contributed by atoms with van der Waals surface area (Å²) in [5.74, 6) is 0.215. The Bertz CT molecular complexity index is 593. The Morgan fingerprint density at radius 2 is 1.94 bits per heavy atom. The molecule has 0 fully saturated rings. The molecule has 0 atom stereocenters. The summed E-state index contributed by atoms with van der Waals surface area (Å²) in [6, 6.07) is 1.73. The van der Waals surface area contributed by atoms with Crippen molar-refractivity contribution < 1.29 is 0 Å². The van der Waals surface area contributed by atoms with Crippen LogP contribution in [0.2, 0.25) is 0 Å². The topological polar surface area (TPSA) is 63.7 Å². The maximum atomic E-state index is 11.7. The second-order valence-corrected chi connectivity index (χ2v) is 4.13. The standard InChI is InChI=1S/C9H10N4O.C4H10/c1-6(10)13-7-3-4-11-5-8(7)12(2)9(13)14;1-3-4-2/h3-5,10H,1-2H3;3-4H2,1-2H3. The van der Waals surface area contributed by atoms with Crippen molar-refractivity contribution >= 4 is 16.9 Å². The molecule has 0 unspecified atom stereocenters. The van der Waals surface area contributed by atoms with E-state index >= 15 is 0 Å². The predicted octanol–water partition coefficient (Wildman–Crippen LogP) is 2.39. The third-order valence-electron chi connectivity index (χ3n) is 2.69. The van der Waals surface area contributed by atoms with Crippen molar-refractivity contribution in [3.8, 4) is 0 Å². The molecule has 5 nitrogen and oxygen atoms in total. The molecule has 0 saturated heterocycles. The zero-order valence-corrected chi connectivity index (χ0v) is 11.4. The molecule has 0 amide bonds. The average Bonchev–Trinajstić information content (AvgIpc) is 2.63. The van der Waals surface area contributed by atoms with Crippen LogP contribution in [-0.4, -0.2) is 20.0 Å². The van der Waals surface area contributed by atoms with Gasteiger partial charge in [0.05, 0.1) is 17.2 Å². The van der Waals surface area contributed by atoms with Gasteiger partial charge in [-0.3, -0.25) is 15.0 Å². The summed E-state index contributed by atoms with van der Waals surface area (Å²) in [5.41, 5.74) is 1.25. The highest BCUT2D eigenvalue weighted by atomic mass is 16.1. The second kappa shape index (κ2) is 6.14. The minimum atomic E-state index is -0.208. The fourth-order valence-electron chi connectivity index (χ4n) is 1.51. The highest BCUT2D eigenvalue weighted by molar-refractivity contribution is 5.90. The van der Waals surface area contributed by atoms with Gasteiger partial charge in [-0.2, -0.15) is 0 Å². The summed E-state index contributed by atoms with van der Waals surface area (Å²) in [6.45, 7) is 5.95. The average molecular weight is 248 g/mol. The molecule has 0 aliphatic carbocycles.